The second-order valence-corrected chi connectivity index (χ2v) is 5.05. The molecule has 4 nitrogen and oxygen atoms in total. The highest BCUT2D eigenvalue weighted by Gasteiger charge is 2.48. The fourth-order valence-corrected chi connectivity index (χ4v) is 2.77. The first-order chi connectivity index (χ1) is 7.57. The number of nitrogens with two attached hydrogens (primary N) is 1. The number of hydrogen-bond acceptors (Lipinski definition) is 3. The lowest BCUT2D eigenvalue weighted by Gasteiger charge is -2.39. The molecule has 1 saturated carbocycles. The van der Waals surface area contributed by atoms with Crippen LogP contribution >= 0.6 is 15.9 Å². The Morgan fingerprint density at radius 1 is 1.75 bits per heavy atom. The molecule has 1 aliphatic rings. The van der Waals surface area contributed by atoms with E-state index in [1.807, 2.05) is 0 Å². The summed E-state index contributed by atoms with van der Waals surface area (Å²) < 4.78 is 21.8. The van der Waals surface area contributed by atoms with Gasteiger partial charge in [0, 0.05) is 26.0 Å². The Hall–Kier alpha value is -0.460. The van der Waals surface area contributed by atoms with Crippen molar-refractivity contribution in [2.24, 2.45) is 5.73 Å². The maximum Gasteiger partial charge on any atom is 0.156 e. The van der Waals surface area contributed by atoms with Gasteiger partial charge in [0.15, 0.2) is 5.67 Å². The van der Waals surface area contributed by atoms with Crippen molar-refractivity contribution >= 4 is 15.9 Å². The molecule has 0 spiro atoms. The number of rotatable bonds is 4. The molecule has 2 rings (SSSR count). The number of nitrogens with zero attached hydrogens (tertiary/aromatic N) is 2. The van der Waals surface area contributed by atoms with Gasteiger partial charge in [0.25, 0.3) is 0 Å². The molecule has 1 heterocycles. The van der Waals surface area contributed by atoms with E-state index in [2.05, 4.69) is 21.0 Å². The lowest BCUT2D eigenvalue weighted by atomic mass is 9.75. The average Bonchev–Trinajstić information content (AvgIpc) is 2.55. The van der Waals surface area contributed by atoms with Crippen LogP contribution in [0.25, 0.3) is 0 Å². The number of halogens is 2. The van der Waals surface area contributed by atoms with Crippen molar-refractivity contribution in [2.75, 3.05) is 13.7 Å². The van der Waals surface area contributed by atoms with Crippen LogP contribution in [0.5, 0.6) is 0 Å². The molecule has 0 radical (unpaired) electrons. The third-order valence-electron chi connectivity index (χ3n) is 2.90. The predicted octanol–water partition coefficient (Wildman–Crippen LogP) is 1.58. The molecule has 0 saturated heterocycles. The fraction of sp³-hybridized carbons (Fsp3) is 0.700. The lowest BCUT2D eigenvalue weighted by Crippen LogP contribution is -2.47. The van der Waals surface area contributed by atoms with Gasteiger partial charge in [0.1, 0.15) is 0 Å². The summed E-state index contributed by atoms with van der Waals surface area (Å²) in [7, 11) is 1.61. The van der Waals surface area contributed by atoms with E-state index in [0.29, 0.717) is 36.2 Å². The zero-order valence-corrected chi connectivity index (χ0v) is 10.7. The normalized spacial score (nSPS) is 29.1. The molecule has 1 aliphatic carbocycles. The van der Waals surface area contributed by atoms with Gasteiger partial charge in [0.05, 0.1) is 29.5 Å². The quantitative estimate of drug-likeness (QED) is 0.916. The van der Waals surface area contributed by atoms with E-state index in [4.69, 9.17) is 10.5 Å². The number of hydrogen-bond donors (Lipinski definition) is 1. The Morgan fingerprint density at radius 2 is 2.44 bits per heavy atom. The van der Waals surface area contributed by atoms with Crippen molar-refractivity contribution < 1.29 is 9.13 Å². The Balaban J connectivity index is 2.22. The standard InChI is InChI=1S/C10H15BrFN3O/c1-16-3-2-15-9(8(11)6-14-15)10(12)4-7(13)5-10/h6-7H,2-5,13H2,1H3. The molecular weight excluding hydrogens is 277 g/mol. The average molecular weight is 292 g/mol. The van der Waals surface area contributed by atoms with Crippen LogP contribution in [-0.4, -0.2) is 29.5 Å². The molecule has 0 unspecified atom stereocenters. The molecule has 0 bridgehead atoms. The lowest BCUT2D eigenvalue weighted by molar-refractivity contribution is 0.0288. The van der Waals surface area contributed by atoms with Crippen molar-refractivity contribution in [1.29, 1.82) is 0 Å². The topological polar surface area (TPSA) is 53.1 Å². The molecule has 0 aliphatic heterocycles. The SMILES string of the molecule is COCCn1ncc(Br)c1C1(F)CC(N)C1. The Morgan fingerprint density at radius 3 is 3.00 bits per heavy atom. The molecule has 1 aromatic rings. The van der Waals surface area contributed by atoms with Gasteiger partial charge in [-0.2, -0.15) is 5.10 Å². The van der Waals surface area contributed by atoms with Crippen molar-refractivity contribution in [3.05, 3.63) is 16.4 Å². The summed E-state index contributed by atoms with van der Waals surface area (Å²) in [5.41, 5.74) is 4.91. The maximum atomic E-state index is 14.5. The summed E-state index contributed by atoms with van der Waals surface area (Å²) in [4.78, 5) is 0. The van der Waals surface area contributed by atoms with Crippen LogP contribution in [0, 0.1) is 0 Å². The molecule has 1 aromatic heterocycles. The molecule has 6 heteroatoms. The highest BCUT2D eigenvalue weighted by atomic mass is 79.9. The number of ether oxygens (including phenoxy) is 1. The summed E-state index contributed by atoms with van der Waals surface area (Å²) >= 11 is 3.33. The number of alkyl halides is 1. The summed E-state index contributed by atoms with van der Waals surface area (Å²) in [6.45, 7) is 1.07. The Kier molecular flexibility index (Phi) is 3.32. The van der Waals surface area contributed by atoms with Gasteiger partial charge < -0.3 is 10.5 Å². The van der Waals surface area contributed by atoms with E-state index in [9.17, 15) is 4.39 Å². The largest absolute Gasteiger partial charge is 0.383 e. The minimum Gasteiger partial charge on any atom is -0.383 e. The molecule has 0 aromatic carbocycles. The van der Waals surface area contributed by atoms with Crippen molar-refractivity contribution in [1.82, 2.24) is 9.78 Å². The summed E-state index contributed by atoms with van der Waals surface area (Å²) in [5, 5.41) is 4.14. The third kappa shape index (κ3) is 2.01. The first-order valence-corrected chi connectivity index (χ1v) is 6.01. The first-order valence-electron chi connectivity index (χ1n) is 5.22. The monoisotopic (exact) mass is 291 g/mol. The van der Waals surface area contributed by atoms with Crippen molar-refractivity contribution in [3.8, 4) is 0 Å². The van der Waals surface area contributed by atoms with Crippen LogP contribution in [0.3, 0.4) is 0 Å². The number of methoxy groups -OCH3 is 1. The van der Waals surface area contributed by atoms with Gasteiger partial charge in [-0.3, -0.25) is 4.68 Å². The minimum absolute atomic E-state index is 0.0392. The van der Waals surface area contributed by atoms with Crippen LogP contribution in [0.1, 0.15) is 18.5 Å². The van der Waals surface area contributed by atoms with Gasteiger partial charge in [0.2, 0.25) is 0 Å². The van der Waals surface area contributed by atoms with Gasteiger partial charge in [-0.25, -0.2) is 4.39 Å². The van der Waals surface area contributed by atoms with E-state index in [1.165, 1.54) is 0 Å². The van der Waals surface area contributed by atoms with Gasteiger partial charge in [-0.05, 0) is 15.9 Å². The molecular formula is C10H15BrFN3O. The third-order valence-corrected chi connectivity index (χ3v) is 3.48. The second-order valence-electron chi connectivity index (χ2n) is 4.19. The molecule has 16 heavy (non-hydrogen) atoms. The van der Waals surface area contributed by atoms with Crippen LogP contribution in [0.15, 0.2) is 10.7 Å². The zero-order chi connectivity index (χ0) is 11.8. The number of aromatic nitrogens is 2. The summed E-state index contributed by atoms with van der Waals surface area (Å²) in [5.74, 6) is 0. The first kappa shape index (κ1) is 12.0. The van der Waals surface area contributed by atoms with Crippen LogP contribution in [0.2, 0.25) is 0 Å². The zero-order valence-electron chi connectivity index (χ0n) is 9.12. The second kappa shape index (κ2) is 4.43. The van der Waals surface area contributed by atoms with Gasteiger partial charge in [-0.15, -0.1) is 0 Å². The van der Waals surface area contributed by atoms with E-state index in [1.54, 1.807) is 18.0 Å². The van der Waals surface area contributed by atoms with Crippen molar-refractivity contribution in [2.45, 2.75) is 31.1 Å². The van der Waals surface area contributed by atoms with E-state index in [0.717, 1.165) is 0 Å². The van der Waals surface area contributed by atoms with Crippen LogP contribution in [-0.2, 0) is 17.0 Å². The van der Waals surface area contributed by atoms with Crippen molar-refractivity contribution in [3.63, 3.8) is 0 Å². The highest BCUT2D eigenvalue weighted by Crippen LogP contribution is 2.46. The minimum atomic E-state index is -1.33. The van der Waals surface area contributed by atoms with Gasteiger partial charge in [-0.1, -0.05) is 0 Å². The Bertz CT molecular complexity index is 376. The molecule has 0 atom stereocenters. The molecule has 1 fully saturated rings. The Labute approximate surface area is 102 Å². The van der Waals surface area contributed by atoms with E-state index >= 15 is 0 Å². The molecule has 90 valence electrons. The summed E-state index contributed by atoms with van der Waals surface area (Å²) in [6.07, 6.45) is 2.35. The van der Waals surface area contributed by atoms with E-state index < -0.39 is 5.67 Å². The molecule has 0 amide bonds. The molecule has 2 N–H and O–H groups in total. The fourth-order valence-electron chi connectivity index (χ4n) is 2.12. The highest BCUT2D eigenvalue weighted by molar-refractivity contribution is 9.10. The smallest absolute Gasteiger partial charge is 0.156 e. The summed E-state index contributed by atoms with van der Waals surface area (Å²) in [6, 6.07) is -0.0392. The van der Waals surface area contributed by atoms with Gasteiger partial charge >= 0.3 is 0 Å². The van der Waals surface area contributed by atoms with E-state index in [-0.39, 0.29) is 6.04 Å². The predicted molar refractivity (Wildman–Crippen MR) is 61.8 cm³/mol. The van der Waals surface area contributed by atoms with Crippen LogP contribution in [0.4, 0.5) is 4.39 Å². The maximum absolute atomic E-state index is 14.5. The van der Waals surface area contributed by atoms with Crippen LogP contribution < -0.4 is 5.73 Å².